The van der Waals surface area contributed by atoms with Crippen LogP contribution in [0.15, 0.2) is 46.9 Å². The van der Waals surface area contributed by atoms with Gasteiger partial charge in [-0.1, -0.05) is 35.0 Å². The Morgan fingerprint density at radius 2 is 1.86 bits per heavy atom. The van der Waals surface area contributed by atoms with Crippen LogP contribution in [-0.4, -0.2) is 7.11 Å². The lowest BCUT2D eigenvalue weighted by molar-refractivity contribution is 0.296. The van der Waals surface area contributed by atoms with Crippen LogP contribution < -0.4 is 15.2 Å². The van der Waals surface area contributed by atoms with E-state index in [0.29, 0.717) is 6.61 Å². The van der Waals surface area contributed by atoms with Crippen molar-refractivity contribution in [3.8, 4) is 11.5 Å². The first-order valence-corrected chi connectivity index (χ1v) is 7.74. The smallest absolute Gasteiger partial charge is 0.125 e. The van der Waals surface area contributed by atoms with Crippen LogP contribution in [-0.2, 0) is 6.61 Å². The molecule has 0 saturated carbocycles. The van der Waals surface area contributed by atoms with Gasteiger partial charge in [0.2, 0.25) is 0 Å². The van der Waals surface area contributed by atoms with Crippen molar-refractivity contribution in [3.63, 3.8) is 0 Å². The highest BCUT2D eigenvalue weighted by atomic mass is 79.9. The van der Waals surface area contributed by atoms with Gasteiger partial charge in [-0.25, -0.2) is 0 Å². The molecular weight excluding hydrogens is 330 g/mol. The maximum atomic E-state index is 6.00. The predicted octanol–water partition coefficient (Wildman–Crippen LogP) is 4.45. The van der Waals surface area contributed by atoms with Gasteiger partial charge in [-0.15, -0.1) is 0 Å². The standard InChI is InChI=1S/C17H20BrNO2/c1-3-16(19)12-4-7-15(8-5-12)21-11-13-10-14(18)6-9-17(13)20-2/h4-10,16H,3,11,19H2,1-2H3/t16-/m1/s1. The van der Waals surface area contributed by atoms with Gasteiger partial charge < -0.3 is 15.2 Å². The molecule has 0 aliphatic heterocycles. The summed E-state index contributed by atoms with van der Waals surface area (Å²) in [7, 11) is 1.66. The van der Waals surface area contributed by atoms with Crippen LogP contribution >= 0.6 is 15.9 Å². The second-order valence-corrected chi connectivity index (χ2v) is 5.74. The lowest BCUT2D eigenvalue weighted by atomic mass is 10.1. The molecule has 0 aromatic heterocycles. The Labute approximate surface area is 134 Å². The molecule has 0 saturated heterocycles. The number of hydrogen-bond donors (Lipinski definition) is 1. The summed E-state index contributed by atoms with van der Waals surface area (Å²) in [4.78, 5) is 0. The van der Waals surface area contributed by atoms with Crippen LogP contribution in [0.2, 0.25) is 0 Å². The molecule has 112 valence electrons. The first-order chi connectivity index (χ1) is 10.1. The first-order valence-electron chi connectivity index (χ1n) is 6.94. The Balaban J connectivity index is 2.04. The topological polar surface area (TPSA) is 44.5 Å². The van der Waals surface area contributed by atoms with Gasteiger partial charge >= 0.3 is 0 Å². The number of hydrogen-bond acceptors (Lipinski definition) is 3. The normalized spacial score (nSPS) is 12.0. The molecular formula is C17H20BrNO2. The van der Waals surface area contributed by atoms with Crippen LogP contribution in [0.3, 0.4) is 0 Å². The van der Waals surface area contributed by atoms with Gasteiger partial charge in [0.15, 0.2) is 0 Å². The average Bonchev–Trinajstić information content (AvgIpc) is 2.52. The van der Waals surface area contributed by atoms with E-state index in [-0.39, 0.29) is 6.04 Å². The van der Waals surface area contributed by atoms with Crippen molar-refractivity contribution >= 4 is 15.9 Å². The van der Waals surface area contributed by atoms with Crippen molar-refractivity contribution in [3.05, 3.63) is 58.1 Å². The number of methoxy groups -OCH3 is 1. The second-order valence-electron chi connectivity index (χ2n) is 4.83. The zero-order valence-electron chi connectivity index (χ0n) is 12.3. The largest absolute Gasteiger partial charge is 0.496 e. The molecule has 0 unspecified atom stereocenters. The second kappa shape index (κ2) is 7.48. The van der Waals surface area contributed by atoms with Gasteiger partial charge in [0.05, 0.1) is 7.11 Å². The van der Waals surface area contributed by atoms with Gasteiger partial charge in [-0.2, -0.15) is 0 Å². The highest BCUT2D eigenvalue weighted by Gasteiger charge is 2.06. The third-order valence-electron chi connectivity index (χ3n) is 3.38. The molecule has 2 aromatic rings. The Morgan fingerprint density at radius 1 is 1.14 bits per heavy atom. The summed E-state index contributed by atoms with van der Waals surface area (Å²) in [5.41, 5.74) is 8.13. The number of benzene rings is 2. The highest BCUT2D eigenvalue weighted by Crippen LogP contribution is 2.25. The summed E-state index contributed by atoms with van der Waals surface area (Å²) in [5.74, 6) is 1.65. The van der Waals surface area contributed by atoms with Gasteiger partial charge in [0.25, 0.3) is 0 Å². The number of halogens is 1. The van der Waals surface area contributed by atoms with Crippen molar-refractivity contribution in [2.75, 3.05) is 7.11 Å². The van der Waals surface area contributed by atoms with Crippen LogP contribution in [0.4, 0.5) is 0 Å². The summed E-state index contributed by atoms with van der Waals surface area (Å²) in [6.07, 6.45) is 0.926. The molecule has 0 spiro atoms. The first kappa shape index (κ1) is 15.9. The Bertz CT molecular complexity index is 584. The monoisotopic (exact) mass is 349 g/mol. The third-order valence-corrected chi connectivity index (χ3v) is 3.88. The average molecular weight is 350 g/mol. The molecule has 2 aromatic carbocycles. The van der Waals surface area contributed by atoms with Gasteiger partial charge in [-0.05, 0) is 42.3 Å². The molecule has 0 amide bonds. The lowest BCUT2D eigenvalue weighted by Crippen LogP contribution is -2.08. The minimum absolute atomic E-state index is 0.0872. The molecule has 2 N–H and O–H groups in total. The van der Waals surface area contributed by atoms with Crippen molar-refractivity contribution < 1.29 is 9.47 Å². The lowest BCUT2D eigenvalue weighted by Gasteiger charge is -2.12. The van der Waals surface area contributed by atoms with Crippen molar-refractivity contribution in [2.45, 2.75) is 26.0 Å². The van der Waals surface area contributed by atoms with Crippen LogP contribution in [0.25, 0.3) is 0 Å². The van der Waals surface area contributed by atoms with E-state index in [0.717, 1.165) is 33.5 Å². The van der Waals surface area contributed by atoms with Crippen molar-refractivity contribution in [1.29, 1.82) is 0 Å². The van der Waals surface area contributed by atoms with E-state index in [1.54, 1.807) is 7.11 Å². The molecule has 2 rings (SSSR count). The summed E-state index contributed by atoms with van der Waals surface area (Å²) in [5, 5.41) is 0. The fourth-order valence-electron chi connectivity index (χ4n) is 2.07. The van der Waals surface area contributed by atoms with E-state index in [2.05, 4.69) is 22.9 Å². The highest BCUT2D eigenvalue weighted by molar-refractivity contribution is 9.10. The van der Waals surface area contributed by atoms with E-state index in [4.69, 9.17) is 15.2 Å². The Hall–Kier alpha value is -1.52. The zero-order chi connectivity index (χ0) is 15.2. The molecule has 4 heteroatoms. The number of rotatable bonds is 6. The maximum absolute atomic E-state index is 6.00. The van der Waals surface area contributed by atoms with E-state index < -0.39 is 0 Å². The zero-order valence-corrected chi connectivity index (χ0v) is 13.9. The van der Waals surface area contributed by atoms with E-state index >= 15 is 0 Å². The number of nitrogens with two attached hydrogens (primary N) is 1. The van der Waals surface area contributed by atoms with Crippen LogP contribution in [0.5, 0.6) is 11.5 Å². The van der Waals surface area contributed by atoms with Gasteiger partial charge in [0.1, 0.15) is 18.1 Å². The predicted molar refractivity (Wildman–Crippen MR) is 88.7 cm³/mol. The fourth-order valence-corrected chi connectivity index (χ4v) is 2.48. The van der Waals surface area contributed by atoms with E-state index in [1.807, 2.05) is 42.5 Å². The van der Waals surface area contributed by atoms with Crippen molar-refractivity contribution in [2.24, 2.45) is 5.73 Å². The van der Waals surface area contributed by atoms with E-state index in [9.17, 15) is 0 Å². The SMILES string of the molecule is CC[C@@H](N)c1ccc(OCc2cc(Br)ccc2OC)cc1. The van der Waals surface area contributed by atoms with Crippen LogP contribution in [0.1, 0.15) is 30.5 Å². The minimum Gasteiger partial charge on any atom is -0.496 e. The molecule has 1 atom stereocenters. The van der Waals surface area contributed by atoms with Gasteiger partial charge in [0, 0.05) is 16.1 Å². The molecule has 0 aliphatic carbocycles. The molecule has 0 fully saturated rings. The quantitative estimate of drug-likeness (QED) is 0.837. The van der Waals surface area contributed by atoms with E-state index in [1.165, 1.54) is 0 Å². The summed E-state index contributed by atoms with van der Waals surface area (Å²) >= 11 is 3.46. The van der Waals surface area contributed by atoms with Crippen LogP contribution in [0, 0.1) is 0 Å². The third kappa shape index (κ3) is 4.22. The number of ether oxygens (including phenoxy) is 2. The molecule has 3 nitrogen and oxygen atoms in total. The summed E-state index contributed by atoms with van der Waals surface area (Å²) in [6.45, 7) is 2.54. The summed E-state index contributed by atoms with van der Waals surface area (Å²) < 4.78 is 12.2. The van der Waals surface area contributed by atoms with Gasteiger partial charge in [-0.3, -0.25) is 0 Å². The Morgan fingerprint density at radius 3 is 2.48 bits per heavy atom. The molecule has 0 radical (unpaired) electrons. The maximum Gasteiger partial charge on any atom is 0.125 e. The minimum atomic E-state index is 0.0872. The molecule has 0 aliphatic rings. The summed E-state index contributed by atoms with van der Waals surface area (Å²) in [6, 6.07) is 13.9. The molecule has 21 heavy (non-hydrogen) atoms. The fraction of sp³-hybridized carbons (Fsp3) is 0.294. The Kier molecular flexibility index (Phi) is 5.65. The molecule has 0 heterocycles. The van der Waals surface area contributed by atoms with Crippen molar-refractivity contribution in [1.82, 2.24) is 0 Å². The molecule has 0 bridgehead atoms.